The number of carbonyl (C=O) groups is 2. The SMILES string of the molecule is CCCCOC(=O)N1CC[C@@H](NC(=O)c2sc(-c3cccc(F)c3)cc2N)C1. The van der Waals surface area contributed by atoms with E-state index in [1.54, 1.807) is 23.1 Å². The zero-order valence-corrected chi connectivity index (χ0v) is 16.6. The number of hydrogen-bond acceptors (Lipinski definition) is 5. The fourth-order valence-corrected chi connectivity index (χ4v) is 4.04. The monoisotopic (exact) mass is 405 g/mol. The molecule has 0 saturated carbocycles. The number of likely N-dealkylation sites (tertiary alicyclic amines) is 1. The second-order valence-corrected chi connectivity index (χ2v) is 7.83. The molecule has 0 spiro atoms. The summed E-state index contributed by atoms with van der Waals surface area (Å²) in [7, 11) is 0. The van der Waals surface area contributed by atoms with Crippen molar-refractivity contribution in [3.63, 3.8) is 0 Å². The normalized spacial score (nSPS) is 16.2. The molecule has 1 atom stereocenters. The zero-order chi connectivity index (χ0) is 20.1. The van der Waals surface area contributed by atoms with Crippen LogP contribution in [0, 0.1) is 5.82 Å². The molecule has 3 rings (SSSR count). The summed E-state index contributed by atoms with van der Waals surface area (Å²) in [5, 5.41) is 2.93. The van der Waals surface area contributed by atoms with E-state index in [2.05, 4.69) is 5.32 Å². The summed E-state index contributed by atoms with van der Waals surface area (Å²) in [6.07, 6.45) is 2.13. The smallest absolute Gasteiger partial charge is 0.409 e. The van der Waals surface area contributed by atoms with E-state index in [0.29, 0.717) is 42.2 Å². The van der Waals surface area contributed by atoms with Gasteiger partial charge in [0.25, 0.3) is 5.91 Å². The third-order valence-corrected chi connectivity index (χ3v) is 5.78. The average molecular weight is 405 g/mol. The first-order valence-corrected chi connectivity index (χ1v) is 10.2. The van der Waals surface area contributed by atoms with Crippen molar-refractivity contribution in [2.75, 3.05) is 25.4 Å². The van der Waals surface area contributed by atoms with Crippen LogP contribution < -0.4 is 11.1 Å². The summed E-state index contributed by atoms with van der Waals surface area (Å²) in [4.78, 5) is 27.4. The van der Waals surface area contributed by atoms with Gasteiger partial charge in [0.15, 0.2) is 0 Å². The Labute approximate surface area is 167 Å². The number of amides is 2. The molecule has 150 valence electrons. The van der Waals surface area contributed by atoms with Crippen molar-refractivity contribution in [1.82, 2.24) is 10.2 Å². The second kappa shape index (κ2) is 9.05. The van der Waals surface area contributed by atoms with Gasteiger partial charge in [-0.25, -0.2) is 9.18 Å². The van der Waals surface area contributed by atoms with Crippen LogP contribution in [0.25, 0.3) is 10.4 Å². The fraction of sp³-hybridized carbons (Fsp3) is 0.400. The molecule has 8 heteroatoms. The van der Waals surface area contributed by atoms with Crippen LogP contribution in [0.2, 0.25) is 0 Å². The lowest BCUT2D eigenvalue weighted by Gasteiger charge is -2.16. The van der Waals surface area contributed by atoms with E-state index in [-0.39, 0.29) is 23.9 Å². The number of nitrogens with zero attached hydrogens (tertiary/aromatic N) is 1. The second-order valence-electron chi connectivity index (χ2n) is 6.78. The van der Waals surface area contributed by atoms with Crippen LogP contribution in [0.4, 0.5) is 14.9 Å². The molecule has 0 unspecified atom stereocenters. The van der Waals surface area contributed by atoms with Gasteiger partial charge in [-0.3, -0.25) is 4.79 Å². The Balaban J connectivity index is 1.59. The van der Waals surface area contributed by atoms with Gasteiger partial charge in [-0.2, -0.15) is 0 Å². The predicted octanol–water partition coefficient (Wildman–Crippen LogP) is 3.88. The molecule has 1 saturated heterocycles. The predicted molar refractivity (Wildman–Crippen MR) is 108 cm³/mol. The Morgan fingerprint density at radius 3 is 2.96 bits per heavy atom. The maximum atomic E-state index is 13.4. The molecular formula is C20H24FN3O3S. The van der Waals surface area contributed by atoms with Crippen molar-refractivity contribution < 1.29 is 18.7 Å². The molecule has 28 heavy (non-hydrogen) atoms. The first kappa shape index (κ1) is 20.1. The van der Waals surface area contributed by atoms with Crippen molar-refractivity contribution >= 4 is 29.0 Å². The third kappa shape index (κ3) is 4.81. The van der Waals surface area contributed by atoms with E-state index in [0.717, 1.165) is 17.7 Å². The van der Waals surface area contributed by atoms with Crippen LogP contribution in [-0.2, 0) is 4.74 Å². The average Bonchev–Trinajstić information content (AvgIpc) is 3.28. The zero-order valence-electron chi connectivity index (χ0n) is 15.7. The number of nitrogens with one attached hydrogen (secondary N) is 1. The number of benzene rings is 1. The number of anilines is 1. The van der Waals surface area contributed by atoms with Gasteiger partial charge in [0.2, 0.25) is 0 Å². The number of rotatable bonds is 6. The van der Waals surface area contributed by atoms with Gasteiger partial charge in [-0.05, 0) is 36.6 Å². The first-order valence-electron chi connectivity index (χ1n) is 9.35. The minimum Gasteiger partial charge on any atom is -0.449 e. The Hall–Kier alpha value is -2.61. The van der Waals surface area contributed by atoms with Crippen LogP contribution in [0.1, 0.15) is 35.9 Å². The van der Waals surface area contributed by atoms with Gasteiger partial charge < -0.3 is 20.7 Å². The molecule has 2 heterocycles. The molecule has 2 aromatic rings. The molecule has 1 aliphatic rings. The van der Waals surface area contributed by atoms with Crippen LogP contribution >= 0.6 is 11.3 Å². The topological polar surface area (TPSA) is 84.7 Å². The Bertz CT molecular complexity index is 855. The minimum absolute atomic E-state index is 0.148. The number of hydrogen-bond donors (Lipinski definition) is 2. The molecule has 0 bridgehead atoms. The van der Waals surface area contributed by atoms with Gasteiger partial charge in [-0.1, -0.05) is 25.5 Å². The molecular weight excluding hydrogens is 381 g/mol. The highest BCUT2D eigenvalue weighted by Gasteiger charge is 2.29. The maximum Gasteiger partial charge on any atom is 0.409 e. The summed E-state index contributed by atoms with van der Waals surface area (Å²) in [6.45, 7) is 3.41. The standard InChI is InChI=1S/C20H24FN3O3S/c1-2-3-9-27-20(26)24-8-7-15(12-24)23-19(25)18-16(22)11-17(28-18)13-5-4-6-14(21)10-13/h4-6,10-11,15H,2-3,7-9,12,22H2,1H3,(H,23,25)/t15-/m1/s1. The molecule has 0 aliphatic carbocycles. The highest BCUT2D eigenvalue weighted by atomic mass is 32.1. The summed E-state index contributed by atoms with van der Waals surface area (Å²) in [6, 6.07) is 7.70. The van der Waals surface area contributed by atoms with Crippen LogP contribution in [0.3, 0.4) is 0 Å². The van der Waals surface area contributed by atoms with E-state index in [9.17, 15) is 14.0 Å². The molecule has 1 fully saturated rings. The van der Waals surface area contributed by atoms with Gasteiger partial charge in [0.1, 0.15) is 10.7 Å². The lowest BCUT2D eigenvalue weighted by Crippen LogP contribution is -2.38. The number of ether oxygens (including phenoxy) is 1. The Morgan fingerprint density at radius 2 is 2.21 bits per heavy atom. The Kier molecular flexibility index (Phi) is 6.51. The highest BCUT2D eigenvalue weighted by Crippen LogP contribution is 2.33. The third-order valence-electron chi connectivity index (χ3n) is 4.58. The van der Waals surface area contributed by atoms with Crippen molar-refractivity contribution in [2.45, 2.75) is 32.2 Å². The lowest BCUT2D eigenvalue weighted by atomic mass is 10.2. The number of thiophene rings is 1. The maximum absolute atomic E-state index is 13.4. The lowest BCUT2D eigenvalue weighted by molar-refractivity contribution is 0.0931. The number of carbonyl (C=O) groups excluding carboxylic acids is 2. The summed E-state index contributed by atoms with van der Waals surface area (Å²) >= 11 is 1.22. The number of halogens is 1. The quantitative estimate of drug-likeness (QED) is 0.715. The van der Waals surface area contributed by atoms with E-state index < -0.39 is 0 Å². The molecule has 1 aromatic heterocycles. The molecule has 2 amide bonds. The molecule has 3 N–H and O–H groups in total. The summed E-state index contributed by atoms with van der Waals surface area (Å²) in [5.74, 6) is -0.622. The number of nitrogen functional groups attached to an aromatic ring is 1. The fourth-order valence-electron chi connectivity index (χ4n) is 3.06. The van der Waals surface area contributed by atoms with Gasteiger partial charge in [-0.15, -0.1) is 11.3 Å². The van der Waals surface area contributed by atoms with E-state index in [1.807, 2.05) is 6.92 Å². The van der Waals surface area contributed by atoms with Crippen molar-refractivity contribution in [3.05, 3.63) is 41.0 Å². The van der Waals surface area contributed by atoms with E-state index >= 15 is 0 Å². The minimum atomic E-state index is -0.340. The first-order chi connectivity index (χ1) is 13.5. The number of nitrogens with two attached hydrogens (primary N) is 1. The van der Waals surface area contributed by atoms with Crippen molar-refractivity contribution in [3.8, 4) is 10.4 Å². The van der Waals surface area contributed by atoms with Crippen LogP contribution in [-0.4, -0.2) is 42.6 Å². The van der Waals surface area contributed by atoms with Gasteiger partial charge in [0.05, 0.1) is 12.3 Å². The van der Waals surface area contributed by atoms with Crippen LogP contribution in [0.15, 0.2) is 30.3 Å². The van der Waals surface area contributed by atoms with E-state index in [4.69, 9.17) is 10.5 Å². The Morgan fingerprint density at radius 1 is 1.39 bits per heavy atom. The van der Waals surface area contributed by atoms with Crippen LogP contribution in [0.5, 0.6) is 0 Å². The molecule has 0 radical (unpaired) electrons. The van der Waals surface area contributed by atoms with E-state index in [1.165, 1.54) is 23.5 Å². The van der Waals surface area contributed by atoms with Gasteiger partial charge in [0, 0.05) is 24.0 Å². The van der Waals surface area contributed by atoms with Gasteiger partial charge >= 0.3 is 6.09 Å². The largest absolute Gasteiger partial charge is 0.449 e. The molecule has 1 aromatic carbocycles. The molecule has 6 nitrogen and oxygen atoms in total. The number of unbranched alkanes of at least 4 members (excludes halogenated alkanes) is 1. The van der Waals surface area contributed by atoms with Crippen molar-refractivity contribution in [2.24, 2.45) is 0 Å². The summed E-state index contributed by atoms with van der Waals surface area (Å²) in [5.41, 5.74) is 7.04. The molecule has 1 aliphatic heterocycles. The highest BCUT2D eigenvalue weighted by molar-refractivity contribution is 7.18. The van der Waals surface area contributed by atoms with Crippen molar-refractivity contribution in [1.29, 1.82) is 0 Å². The summed E-state index contributed by atoms with van der Waals surface area (Å²) < 4.78 is 18.7.